The Balaban J connectivity index is 3.91. The fourth-order valence-corrected chi connectivity index (χ4v) is 0.430. The van der Waals surface area contributed by atoms with E-state index >= 15 is 0 Å². The second kappa shape index (κ2) is 3.25. The molecule has 52 valence electrons. The molecule has 0 aromatic rings. The third-order valence-electron chi connectivity index (χ3n) is 0.798. The molecule has 0 aliphatic heterocycles. The van der Waals surface area contributed by atoms with Gasteiger partial charge < -0.3 is 10.8 Å². The summed E-state index contributed by atoms with van der Waals surface area (Å²) in [7, 11) is 0. The zero-order chi connectivity index (χ0) is 7.44. The lowest BCUT2D eigenvalue weighted by Crippen LogP contribution is -2.27. The zero-order valence-corrected chi connectivity index (χ0v) is 5.59. The minimum absolute atomic E-state index is 0.852. The maximum atomic E-state index is 10.1. The second-order valence-corrected chi connectivity index (χ2v) is 2.11. The van der Waals surface area contributed by atoms with Gasteiger partial charge in [0.05, 0.1) is 0 Å². The predicted molar refractivity (Wildman–Crippen MR) is 35.0 cm³/mol. The summed E-state index contributed by atoms with van der Waals surface area (Å²) < 4.78 is 0. The molecule has 0 saturated heterocycles. The lowest BCUT2D eigenvalue weighted by Gasteiger charge is -1.97. The normalized spacial score (nSPS) is 12.3. The molecule has 0 rings (SSSR count). The summed E-state index contributed by atoms with van der Waals surface area (Å²) in [6.45, 7) is 3.62. The summed E-state index contributed by atoms with van der Waals surface area (Å²) in [5.41, 5.74) is 6.06. The quantitative estimate of drug-likeness (QED) is 0.529. The molecule has 1 atom stereocenters. The average Bonchev–Trinajstić information content (AvgIpc) is 1.63. The van der Waals surface area contributed by atoms with Crippen molar-refractivity contribution in [2.45, 2.75) is 19.9 Å². The lowest BCUT2D eigenvalue weighted by molar-refractivity contribution is -0.137. The Labute approximate surface area is 54.2 Å². The molecule has 9 heavy (non-hydrogen) atoms. The van der Waals surface area contributed by atoms with Crippen LogP contribution in [0.2, 0.25) is 0 Å². The highest BCUT2D eigenvalue weighted by atomic mass is 16.4. The molecule has 0 bridgehead atoms. The number of hydrogen-bond donors (Lipinski definition) is 2. The molecule has 0 aromatic carbocycles. The van der Waals surface area contributed by atoms with Crippen LogP contribution in [0.5, 0.6) is 0 Å². The van der Waals surface area contributed by atoms with Crippen LogP contribution in [0.1, 0.15) is 13.8 Å². The Morgan fingerprint density at radius 1 is 1.67 bits per heavy atom. The molecule has 0 heterocycles. The SMILES string of the molecule is CC(C)=CC(N)C(=O)O. The highest BCUT2D eigenvalue weighted by molar-refractivity contribution is 5.75. The van der Waals surface area contributed by atoms with Gasteiger partial charge in [0.2, 0.25) is 0 Å². The van der Waals surface area contributed by atoms with Crippen LogP contribution in [-0.4, -0.2) is 17.1 Å². The number of hydrogen-bond acceptors (Lipinski definition) is 2. The van der Waals surface area contributed by atoms with Crippen molar-refractivity contribution in [2.75, 3.05) is 0 Å². The fourth-order valence-electron chi connectivity index (χ4n) is 0.430. The molecule has 0 aromatic heterocycles. The first-order valence-electron chi connectivity index (χ1n) is 2.67. The van der Waals surface area contributed by atoms with E-state index in [0.717, 1.165) is 5.57 Å². The van der Waals surface area contributed by atoms with Gasteiger partial charge in [-0.15, -0.1) is 0 Å². The molecular formula is C6H11NO2. The van der Waals surface area contributed by atoms with Gasteiger partial charge in [-0.3, -0.25) is 4.79 Å². The van der Waals surface area contributed by atoms with Crippen molar-refractivity contribution in [1.29, 1.82) is 0 Å². The summed E-state index contributed by atoms with van der Waals surface area (Å²) in [6, 6.07) is -0.852. The zero-order valence-electron chi connectivity index (χ0n) is 5.59. The molecule has 3 N–H and O–H groups in total. The molecule has 0 amide bonds. The van der Waals surface area contributed by atoms with E-state index in [-0.39, 0.29) is 0 Å². The number of rotatable bonds is 2. The van der Waals surface area contributed by atoms with Gasteiger partial charge in [-0.05, 0) is 13.8 Å². The van der Waals surface area contributed by atoms with Gasteiger partial charge in [0, 0.05) is 0 Å². The maximum Gasteiger partial charge on any atom is 0.324 e. The third kappa shape index (κ3) is 3.73. The van der Waals surface area contributed by atoms with E-state index in [2.05, 4.69) is 0 Å². The Morgan fingerprint density at radius 3 is 2.22 bits per heavy atom. The topological polar surface area (TPSA) is 63.3 Å². The van der Waals surface area contributed by atoms with E-state index in [1.165, 1.54) is 6.08 Å². The van der Waals surface area contributed by atoms with Crippen molar-refractivity contribution >= 4 is 5.97 Å². The molecule has 0 aliphatic carbocycles. The number of nitrogens with two attached hydrogens (primary N) is 1. The molecule has 0 saturated carbocycles. The predicted octanol–water partition coefficient (Wildman–Crippen LogP) is 0.365. The molecular weight excluding hydrogens is 118 g/mol. The summed E-state index contributed by atoms with van der Waals surface area (Å²) in [6.07, 6.45) is 1.50. The third-order valence-corrected chi connectivity index (χ3v) is 0.798. The van der Waals surface area contributed by atoms with Crippen LogP contribution in [-0.2, 0) is 4.79 Å². The van der Waals surface area contributed by atoms with E-state index in [9.17, 15) is 4.79 Å². The van der Waals surface area contributed by atoms with Gasteiger partial charge in [-0.25, -0.2) is 0 Å². The molecule has 3 nitrogen and oxygen atoms in total. The van der Waals surface area contributed by atoms with E-state index < -0.39 is 12.0 Å². The van der Waals surface area contributed by atoms with Crippen LogP contribution < -0.4 is 5.73 Å². The van der Waals surface area contributed by atoms with Crippen LogP contribution in [0.25, 0.3) is 0 Å². The Bertz CT molecular complexity index is 136. The standard InChI is InChI=1S/C6H11NO2/c1-4(2)3-5(7)6(8)9/h3,5H,7H2,1-2H3,(H,8,9). The van der Waals surface area contributed by atoms with Crippen LogP contribution in [0, 0.1) is 0 Å². The minimum Gasteiger partial charge on any atom is -0.480 e. The second-order valence-electron chi connectivity index (χ2n) is 2.11. The van der Waals surface area contributed by atoms with Gasteiger partial charge in [-0.1, -0.05) is 11.6 Å². The number of aliphatic carboxylic acids is 1. The monoisotopic (exact) mass is 129 g/mol. The van der Waals surface area contributed by atoms with Crippen molar-refractivity contribution < 1.29 is 9.90 Å². The average molecular weight is 129 g/mol. The Kier molecular flexibility index (Phi) is 2.95. The van der Waals surface area contributed by atoms with E-state index in [4.69, 9.17) is 10.8 Å². The highest BCUT2D eigenvalue weighted by Gasteiger charge is 2.05. The van der Waals surface area contributed by atoms with Gasteiger partial charge >= 0.3 is 5.97 Å². The number of carbonyl (C=O) groups is 1. The van der Waals surface area contributed by atoms with Crippen LogP contribution in [0.4, 0.5) is 0 Å². The van der Waals surface area contributed by atoms with Crippen molar-refractivity contribution in [3.63, 3.8) is 0 Å². The van der Waals surface area contributed by atoms with Gasteiger partial charge in [0.1, 0.15) is 6.04 Å². The summed E-state index contributed by atoms with van der Waals surface area (Å²) >= 11 is 0. The van der Waals surface area contributed by atoms with Crippen LogP contribution in [0.3, 0.4) is 0 Å². The van der Waals surface area contributed by atoms with Crippen molar-refractivity contribution in [3.05, 3.63) is 11.6 Å². The van der Waals surface area contributed by atoms with Crippen LogP contribution in [0.15, 0.2) is 11.6 Å². The number of allylic oxidation sites excluding steroid dienone is 1. The number of carboxylic acid groups (broad SMARTS) is 1. The summed E-state index contributed by atoms with van der Waals surface area (Å²) in [4.78, 5) is 10.1. The Hall–Kier alpha value is -0.830. The number of carboxylic acids is 1. The first-order chi connectivity index (χ1) is 4.04. The van der Waals surface area contributed by atoms with Gasteiger partial charge in [-0.2, -0.15) is 0 Å². The highest BCUT2D eigenvalue weighted by Crippen LogP contribution is 1.90. The lowest BCUT2D eigenvalue weighted by atomic mass is 10.2. The van der Waals surface area contributed by atoms with E-state index in [0.29, 0.717) is 0 Å². The first-order valence-corrected chi connectivity index (χ1v) is 2.67. The Morgan fingerprint density at radius 2 is 2.11 bits per heavy atom. The minimum atomic E-state index is -0.990. The van der Waals surface area contributed by atoms with Crippen molar-refractivity contribution in [1.82, 2.24) is 0 Å². The van der Waals surface area contributed by atoms with Gasteiger partial charge in [0.15, 0.2) is 0 Å². The van der Waals surface area contributed by atoms with Crippen LogP contribution >= 0.6 is 0 Å². The van der Waals surface area contributed by atoms with Crippen molar-refractivity contribution in [3.8, 4) is 0 Å². The maximum absolute atomic E-state index is 10.1. The largest absolute Gasteiger partial charge is 0.480 e. The molecule has 1 unspecified atom stereocenters. The first kappa shape index (κ1) is 8.17. The summed E-state index contributed by atoms with van der Waals surface area (Å²) in [5, 5.41) is 8.26. The molecule has 3 heteroatoms. The van der Waals surface area contributed by atoms with E-state index in [1.54, 1.807) is 0 Å². The molecule has 0 spiro atoms. The fraction of sp³-hybridized carbons (Fsp3) is 0.500. The van der Waals surface area contributed by atoms with Gasteiger partial charge in [0.25, 0.3) is 0 Å². The molecule has 0 fully saturated rings. The molecule has 0 radical (unpaired) electrons. The molecule has 0 aliphatic rings. The van der Waals surface area contributed by atoms with E-state index in [1.807, 2.05) is 13.8 Å². The van der Waals surface area contributed by atoms with Crippen molar-refractivity contribution in [2.24, 2.45) is 5.73 Å². The summed E-state index contributed by atoms with van der Waals surface area (Å²) in [5.74, 6) is -0.990. The smallest absolute Gasteiger partial charge is 0.324 e.